The molecule has 0 aliphatic heterocycles. The zero-order valence-electron chi connectivity index (χ0n) is 27.3. The van der Waals surface area contributed by atoms with Crippen LogP contribution in [0.1, 0.15) is 78.0 Å². The molecule has 3 amide bonds. The molecule has 0 saturated carbocycles. The van der Waals surface area contributed by atoms with E-state index < -0.39 is 66.0 Å². The first-order chi connectivity index (χ1) is 21.1. The molecule has 1 aromatic heterocycles. The molecule has 7 atom stereocenters. The van der Waals surface area contributed by atoms with E-state index in [0.717, 1.165) is 4.88 Å². The largest absolute Gasteiger partial charge is 0.481 e. The number of nitrogens with zero attached hydrogens (tertiary/aromatic N) is 1. The summed E-state index contributed by atoms with van der Waals surface area (Å²) in [5.74, 6) is -4.11. The van der Waals surface area contributed by atoms with Crippen molar-refractivity contribution >= 4 is 41.0 Å². The highest BCUT2D eigenvalue weighted by Crippen LogP contribution is 2.16. The second-order valence-corrected chi connectivity index (χ2v) is 13.2. The van der Waals surface area contributed by atoms with Crippen LogP contribution in [-0.4, -0.2) is 99.8 Å². The van der Waals surface area contributed by atoms with Crippen LogP contribution in [0.4, 0.5) is 0 Å². The number of aliphatic hydroxyl groups is 1. The van der Waals surface area contributed by atoms with Gasteiger partial charge in [-0.1, -0.05) is 53.5 Å². The average Bonchev–Trinajstić information content (AvgIpc) is 3.48. The number of aliphatic hydroxyl groups excluding tert-OH is 1. The molecule has 0 aliphatic rings. The average molecular weight is 656 g/mol. The molecular weight excluding hydrogens is 602 g/mol. The molecule has 0 aromatic carbocycles. The highest BCUT2D eigenvalue weighted by atomic mass is 32.1. The van der Waals surface area contributed by atoms with Gasteiger partial charge < -0.3 is 37.0 Å². The molecule has 1 aromatic rings. The molecule has 13 nitrogen and oxygen atoms in total. The van der Waals surface area contributed by atoms with E-state index in [1.807, 2.05) is 45.2 Å². The molecule has 45 heavy (non-hydrogen) atoms. The van der Waals surface area contributed by atoms with Crippen molar-refractivity contribution in [2.24, 2.45) is 17.6 Å². The van der Waals surface area contributed by atoms with Crippen molar-refractivity contribution in [1.29, 1.82) is 0 Å². The molecule has 0 saturated heterocycles. The maximum Gasteiger partial charge on any atom is 0.320 e. The summed E-state index contributed by atoms with van der Waals surface area (Å²) in [6.45, 7) is 9.41. The Balaban J connectivity index is 3.20. The molecule has 256 valence electrons. The quantitative estimate of drug-likeness (QED) is 0.0958. The molecule has 0 bridgehead atoms. The first-order valence-electron chi connectivity index (χ1n) is 15.6. The fourth-order valence-electron chi connectivity index (χ4n) is 4.93. The molecule has 0 aliphatic carbocycles. The molecule has 0 spiro atoms. The van der Waals surface area contributed by atoms with E-state index in [-0.39, 0.29) is 37.6 Å². The third-order valence-corrected chi connectivity index (χ3v) is 8.69. The number of aliphatic carboxylic acids is 2. The fraction of sp³-hybridized carbons (Fsp3) is 0.710. The Morgan fingerprint density at radius 2 is 1.64 bits per heavy atom. The van der Waals surface area contributed by atoms with Gasteiger partial charge in [-0.05, 0) is 49.6 Å². The Kier molecular flexibility index (Phi) is 17.9. The zero-order chi connectivity index (χ0) is 34.3. The zero-order valence-corrected chi connectivity index (χ0v) is 28.1. The number of rotatable bonds is 22. The Hall–Kier alpha value is -3.07. The van der Waals surface area contributed by atoms with Gasteiger partial charge in [-0.25, -0.2) is 0 Å². The number of carbonyl (C=O) groups excluding carboxylic acids is 3. The van der Waals surface area contributed by atoms with E-state index >= 15 is 0 Å². The first-order valence-corrected chi connectivity index (χ1v) is 16.5. The second kappa shape index (κ2) is 20.1. The lowest BCUT2D eigenvalue weighted by Gasteiger charge is -2.33. The normalized spacial score (nSPS) is 16.2. The van der Waals surface area contributed by atoms with Crippen LogP contribution in [0, 0.1) is 11.8 Å². The van der Waals surface area contributed by atoms with Gasteiger partial charge in [0, 0.05) is 24.3 Å². The second-order valence-electron chi connectivity index (χ2n) is 12.1. The van der Waals surface area contributed by atoms with Gasteiger partial charge in [-0.2, -0.15) is 0 Å². The smallest absolute Gasteiger partial charge is 0.320 e. The van der Waals surface area contributed by atoms with Crippen LogP contribution in [0.5, 0.6) is 0 Å². The number of amides is 3. The summed E-state index contributed by atoms with van der Waals surface area (Å²) < 4.78 is 0. The summed E-state index contributed by atoms with van der Waals surface area (Å²) >= 11 is 1.41. The molecule has 0 radical (unpaired) electrons. The van der Waals surface area contributed by atoms with Gasteiger partial charge in [0.15, 0.2) is 0 Å². The lowest BCUT2D eigenvalue weighted by atomic mass is 9.96. The summed E-state index contributed by atoms with van der Waals surface area (Å²) in [6, 6.07) is -1.05. The highest BCUT2D eigenvalue weighted by molar-refractivity contribution is 7.09. The van der Waals surface area contributed by atoms with Crippen molar-refractivity contribution in [3.8, 4) is 0 Å². The van der Waals surface area contributed by atoms with Crippen LogP contribution in [0.2, 0.25) is 0 Å². The SMILES string of the molecule is CCC[C@@H](C(=O)O)N(C)C[C@H](O)[C@H](CC(C)C)NC(=O)[C@H](Cc1cccs1)NC(=O)[C@@H](NC(=O)[C@@H](N)CCC(=O)O)[C@@H](C)CC. The Bertz CT molecular complexity index is 1090. The summed E-state index contributed by atoms with van der Waals surface area (Å²) in [7, 11) is 1.63. The molecule has 1 heterocycles. The molecular formula is C31H53N5O8S. The topological polar surface area (TPSA) is 211 Å². The number of nitrogens with one attached hydrogen (secondary N) is 3. The number of carboxylic acids is 2. The number of thiophene rings is 1. The monoisotopic (exact) mass is 655 g/mol. The van der Waals surface area contributed by atoms with Crippen LogP contribution in [-0.2, 0) is 30.4 Å². The Morgan fingerprint density at radius 1 is 0.978 bits per heavy atom. The van der Waals surface area contributed by atoms with Gasteiger partial charge >= 0.3 is 11.9 Å². The molecule has 1 rings (SSSR count). The van der Waals surface area contributed by atoms with Gasteiger partial charge in [-0.3, -0.25) is 28.9 Å². The summed E-state index contributed by atoms with van der Waals surface area (Å²) in [5.41, 5.74) is 5.87. The van der Waals surface area contributed by atoms with Crippen molar-refractivity contribution < 1.29 is 39.3 Å². The number of nitrogens with two attached hydrogens (primary N) is 1. The third-order valence-electron chi connectivity index (χ3n) is 7.79. The standard InChI is InChI=1S/C31H53N5O8S/c1-7-10-24(31(43)44)36(6)17-25(37)22(15-18(3)4)33-29(41)23(16-20-11-9-14-45-20)34-30(42)27(19(5)8-2)35-28(40)21(32)12-13-26(38)39/h9,11,14,18-19,21-25,27,37H,7-8,10,12-13,15-17,32H2,1-6H3,(H,33,41)(H,34,42)(H,35,40)(H,38,39)(H,43,44)/t19-,21-,22-,23-,24-,25-,27-/m0/s1. The lowest BCUT2D eigenvalue weighted by molar-refractivity contribution is -0.144. The van der Waals surface area contributed by atoms with E-state index in [1.165, 1.54) is 11.3 Å². The van der Waals surface area contributed by atoms with Crippen LogP contribution >= 0.6 is 11.3 Å². The molecule has 8 N–H and O–H groups in total. The summed E-state index contributed by atoms with van der Waals surface area (Å²) in [4.78, 5) is 65.2. The van der Waals surface area contributed by atoms with Gasteiger partial charge in [0.2, 0.25) is 17.7 Å². The van der Waals surface area contributed by atoms with Gasteiger partial charge in [-0.15, -0.1) is 11.3 Å². The van der Waals surface area contributed by atoms with Crippen molar-refractivity contribution in [2.45, 2.75) is 116 Å². The number of carbonyl (C=O) groups is 5. The van der Waals surface area contributed by atoms with Crippen molar-refractivity contribution in [3.63, 3.8) is 0 Å². The fourth-order valence-corrected chi connectivity index (χ4v) is 5.68. The molecule has 0 fully saturated rings. The maximum atomic E-state index is 13.8. The predicted molar refractivity (Wildman–Crippen MR) is 173 cm³/mol. The van der Waals surface area contributed by atoms with Crippen LogP contribution in [0.15, 0.2) is 17.5 Å². The molecule has 0 unspecified atom stereocenters. The van der Waals surface area contributed by atoms with E-state index in [9.17, 15) is 34.2 Å². The van der Waals surface area contributed by atoms with Crippen LogP contribution in [0.3, 0.4) is 0 Å². The maximum absolute atomic E-state index is 13.8. The number of hydrogen-bond donors (Lipinski definition) is 7. The Labute approximate surface area is 270 Å². The first kappa shape index (κ1) is 40.0. The van der Waals surface area contributed by atoms with Crippen molar-refractivity contribution in [1.82, 2.24) is 20.9 Å². The van der Waals surface area contributed by atoms with Crippen LogP contribution in [0.25, 0.3) is 0 Å². The highest BCUT2D eigenvalue weighted by Gasteiger charge is 2.34. The van der Waals surface area contributed by atoms with E-state index in [4.69, 9.17) is 10.8 Å². The van der Waals surface area contributed by atoms with Crippen LogP contribution < -0.4 is 21.7 Å². The van der Waals surface area contributed by atoms with Crippen molar-refractivity contribution in [3.05, 3.63) is 22.4 Å². The minimum atomic E-state index is -1.12. The number of likely N-dealkylation sites (N-methyl/N-ethyl adjacent to an activating group) is 1. The molecule has 14 heteroatoms. The summed E-state index contributed by atoms with van der Waals surface area (Å²) in [5, 5.41) is 39.9. The van der Waals surface area contributed by atoms with E-state index in [2.05, 4.69) is 16.0 Å². The van der Waals surface area contributed by atoms with E-state index in [1.54, 1.807) is 18.9 Å². The van der Waals surface area contributed by atoms with Gasteiger partial charge in [0.05, 0.1) is 18.2 Å². The summed E-state index contributed by atoms with van der Waals surface area (Å²) in [6.07, 6.45) is 0.676. The van der Waals surface area contributed by atoms with Crippen molar-refractivity contribution in [2.75, 3.05) is 13.6 Å². The third kappa shape index (κ3) is 14.3. The Morgan fingerprint density at radius 3 is 2.16 bits per heavy atom. The predicted octanol–water partition coefficient (Wildman–Crippen LogP) is 1.58. The van der Waals surface area contributed by atoms with E-state index in [0.29, 0.717) is 25.7 Å². The van der Waals surface area contributed by atoms with Gasteiger partial charge in [0.25, 0.3) is 0 Å². The van der Waals surface area contributed by atoms with Gasteiger partial charge in [0.1, 0.15) is 18.1 Å². The minimum absolute atomic E-state index is 0.0147. The number of hydrogen-bond acceptors (Lipinski definition) is 9. The lowest BCUT2D eigenvalue weighted by Crippen LogP contribution is -2.60. The number of carboxylic acid groups (broad SMARTS) is 2. The minimum Gasteiger partial charge on any atom is -0.481 e.